The number of carbonyl (C=O) groups is 1. The maximum Gasteiger partial charge on any atom is 0.416 e. The highest BCUT2D eigenvalue weighted by Crippen LogP contribution is 2.17. The van der Waals surface area contributed by atoms with E-state index in [1.807, 2.05) is 0 Å². The second kappa shape index (κ2) is 5.58. The minimum atomic E-state index is -1.05. The molecule has 5 nitrogen and oxygen atoms in total. The molecule has 0 spiro atoms. The highest BCUT2D eigenvalue weighted by molar-refractivity contribution is 5.72. The van der Waals surface area contributed by atoms with Gasteiger partial charge < -0.3 is 15.7 Å². The number of amides is 1. The van der Waals surface area contributed by atoms with Crippen LogP contribution in [-0.2, 0) is 0 Å². The predicted molar refractivity (Wildman–Crippen MR) is 68.9 cm³/mol. The third-order valence-corrected chi connectivity index (χ3v) is 2.31. The van der Waals surface area contributed by atoms with Crippen LogP contribution in [0.15, 0.2) is 72.7 Å². The molecule has 0 aromatic rings. The molecule has 0 unspecified atom stereocenters. The van der Waals surface area contributed by atoms with Crippen molar-refractivity contribution in [1.29, 1.82) is 0 Å². The van der Waals surface area contributed by atoms with Crippen LogP contribution in [0, 0.1) is 0 Å². The van der Waals surface area contributed by atoms with E-state index in [0.29, 0.717) is 11.4 Å². The lowest BCUT2D eigenvalue weighted by atomic mass is 10.3. The summed E-state index contributed by atoms with van der Waals surface area (Å²) in [5.74, 6) is 0. The summed E-state index contributed by atoms with van der Waals surface area (Å²) in [6, 6.07) is 0. The summed E-state index contributed by atoms with van der Waals surface area (Å²) in [4.78, 5) is 12.6. The van der Waals surface area contributed by atoms with Crippen molar-refractivity contribution < 1.29 is 9.90 Å². The fourth-order valence-electron chi connectivity index (χ4n) is 1.54. The number of carboxylic acid groups (broad SMARTS) is 1. The molecule has 2 aliphatic rings. The number of hydrogen-bond acceptors (Lipinski definition) is 3. The van der Waals surface area contributed by atoms with Crippen molar-refractivity contribution in [1.82, 2.24) is 15.5 Å². The van der Waals surface area contributed by atoms with Gasteiger partial charge in [0.2, 0.25) is 0 Å². The van der Waals surface area contributed by atoms with Gasteiger partial charge in [-0.3, -0.25) is 0 Å². The average molecular weight is 243 g/mol. The maximum atomic E-state index is 11.4. The van der Waals surface area contributed by atoms with E-state index in [9.17, 15) is 9.90 Å². The second-order valence-corrected chi connectivity index (χ2v) is 3.53. The summed E-state index contributed by atoms with van der Waals surface area (Å²) in [7, 11) is 0. The topological polar surface area (TPSA) is 64.6 Å². The molecule has 0 aromatic heterocycles. The van der Waals surface area contributed by atoms with Gasteiger partial charge in [-0.15, -0.1) is 0 Å². The Morgan fingerprint density at radius 3 is 1.89 bits per heavy atom. The van der Waals surface area contributed by atoms with Gasteiger partial charge in [-0.2, -0.15) is 0 Å². The summed E-state index contributed by atoms with van der Waals surface area (Å²) in [6.07, 6.45) is 16.2. The molecule has 2 aliphatic heterocycles. The minimum Gasteiger partial charge on any atom is -0.464 e. The van der Waals surface area contributed by atoms with E-state index < -0.39 is 6.09 Å². The molecule has 0 radical (unpaired) electrons. The summed E-state index contributed by atoms with van der Waals surface area (Å²) < 4.78 is 0. The fraction of sp³-hybridized carbons (Fsp3) is 0. The molecule has 92 valence electrons. The van der Waals surface area contributed by atoms with Crippen LogP contribution in [0.1, 0.15) is 0 Å². The van der Waals surface area contributed by atoms with Gasteiger partial charge in [0.1, 0.15) is 0 Å². The molecule has 0 aliphatic carbocycles. The zero-order valence-electron chi connectivity index (χ0n) is 9.58. The van der Waals surface area contributed by atoms with Crippen molar-refractivity contribution in [3.63, 3.8) is 0 Å². The number of rotatable bonds is 2. The molecular weight excluding hydrogens is 230 g/mol. The Kier molecular flexibility index (Phi) is 3.66. The van der Waals surface area contributed by atoms with E-state index in [4.69, 9.17) is 0 Å². The lowest BCUT2D eigenvalue weighted by molar-refractivity contribution is 0.170. The largest absolute Gasteiger partial charge is 0.464 e. The van der Waals surface area contributed by atoms with E-state index in [-0.39, 0.29) is 0 Å². The Morgan fingerprint density at radius 1 is 0.944 bits per heavy atom. The zero-order chi connectivity index (χ0) is 12.8. The van der Waals surface area contributed by atoms with Crippen molar-refractivity contribution in [2.24, 2.45) is 0 Å². The predicted octanol–water partition coefficient (Wildman–Crippen LogP) is 2.00. The molecule has 3 N–H and O–H groups in total. The molecule has 0 fully saturated rings. The Balaban J connectivity index is 2.31. The Bertz CT molecular complexity index is 470. The third kappa shape index (κ3) is 2.70. The fourth-order valence-corrected chi connectivity index (χ4v) is 1.54. The van der Waals surface area contributed by atoms with Gasteiger partial charge in [0.15, 0.2) is 0 Å². The normalized spacial score (nSPS) is 16.9. The summed E-state index contributed by atoms with van der Waals surface area (Å²) in [6.45, 7) is 0. The van der Waals surface area contributed by atoms with E-state index >= 15 is 0 Å². The molecule has 1 amide bonds. The maximum absolute atomic E-state index is 11.4. The first-order chi connectivity index (χ1) is 8.79. The van der Waals surface area contributed by atoms with Gasteiger partial charge in [-0.1, -0.05) is 12.2 Å². The highest BCUT2D eigenvalue weighted by Gasteiger charge is 2.19. The summed E-state index contributed by atoms with van der Waals surface area (Å²) in [5.41, 5.74) is 1.07. The van der Waals surface area contributed by atoms with Gasteiger partial charge in [0.25, 0.3) is 0 Å². The van der Waals surface area contributed by atoms with Gasteiger partial charge in [0, 0.05) is 24.8 Å². The SMILES string of the molecule is O=C(O)N(C1=CNC=CC=C1)C1=CNC=CC=C1. The number of nitrogens with zero attached hydrogens (tertiary/aromatic N) is 1. The lowest BCUT2D eigenvalue weighted by Gasteiger charge is -2.20. The van der Waals surface area contributed by atoms with Gasteiger partial charge in [-0.25, -0.2) is 9.69 Å². The Labute approximate surface area is 105 Å². The standard InChI is InChI=1S/C13H13N3O2/c17-13(18)16(11-5-1-3-7-14-9-11)12-6-2-4-8-15-10-12/h1-10,14-15H,(H,17,18). The molecular formula is C13H13N3O2. The van der Waals surface area contributed by atoms with Gasteiger partial charge in [0.05, 0.1) is 11.4 Å². The third-order valence-electron chi connectivity index (χ3n) is 2.31. The smallest absolute Gasteiger partial charge is 0.416 e. The van der Waals surface area contributed by atoms with Crippen LogP contribution in [0.25, 0.3) is 0 Å². The van der Waals surface area contributed by atoms with Crippen molar-refractivity contribution >= 4 is 6.09 Å². The molecule has 2 heterocycles. The molecule has 0 aromatic carbocycles. The molecule has 0 atom stereocenters. The number of allylic oxidation sites excluding steroid dienone is 6. The van der Waals surface area contributed by atoms with Crippen LogP contribution in [0.4, 0.5) is 4.79 Å². The first kappa shape index (κ1) is 11.8. The van der Waals surface area contributed by atoms with Crippen LogP contribution < -0.4 is 10.6 Å². The molecule has 5 heteroatoms. The summed E-state index contributed by atoms with van der Waals surface area (Å²) >= 11 is 0. The molecule has 0 bridgehead atoms. The van der Waals surface area contributed by atoms with Crippen LogP contribution in [-0.4, -0.2) is 16.1 Å². The van der Waals surface area contributed by atoms with Crippen molar-refractivity contribution in [3.8, 4) is 0 Å². The van der Waals surface area contributed by atoms with Crippen molar-refractivity contribution in [2.45, 2.75) is 0 Å². The van der Waals surface area contributed by atoms with E-state index in [1.54, 1.807) is 61.3 Å². The van der Waals surface area contributed by atoms with Crippen LogP contribution in [0.5, 0.6) is 0 Å². The van der Waals surface area contributed by atoms with Crippen LogP contribution in [0.3, 0.4) is 0 Å². The van der Waals surface area contributed by atoms with E-state index in [1.165, 1.54) is 4.90 Å². The zero-order valence-corrected chi connectivity index (χ0v) is 9.58. The minimum absolute atomic E-state index is 0.534. The lowest BCUT2D eigenvalue weighted by Crippen LogP contribution is -2.28. The molecule has 0 saturated carbocycles. The number of hydrogen-bond donors (Lipinski definition) is 3. The van der Waals surface area contributed by atoms with Crippen LogP contribution in [0.2, 0.25) is 0 Å². The summed E-state index contributed by atoms with van der Waals surface area (Å²) in [5, 5.41) is 15.1. The van der Waals surface area contributed by atoms with E-state index in [2.05, 4.69) is 10.6 Å². The first-order valence-corrected chi connectivity index (χ1v) is 5.41. The van der Waals surface area contributed by atoms with Gasteiger partial charge in [-0.05, 0) is 24.3 Å². The Morgan fingerprint density at radius 2 is 1.44 bits per heavy atom. The first-order valence-electron chi connectivity index (χ1n) is 5.41. The number of nitrogens with one attached hydrogen (secondary N) is 2. The average Bonchev–Trinajstić information content (AvgIpc) is 2.74. The molecule has 2 rings (SSSR count). The van der Waals surface area contributed by atoms with Crippen molar-refractivity contribution in [2.75, 3.05) is 0 Å². The van der Waals surface area contributed by atoms with Crippen LogP contribution >= 0.6 is 0 Å². The molecule has 18 heavy (non-hydrogen) atoms. The quantitative estimate of drug-likeness (QED) is 0.694. The monoisotopic (exact) mass is 243 g/mol. The second-order valence-electron chi connectivity index (χ2n) is 3.53. The van der Waals surface area contributed by atoms with Gasteiger partial charge >= 0.3 is 6.09 Å². The highest BCUT2D eigenvalue weighted by atomic mass is 16.4. The molecule has 0 saturated heterocycles. The van der Waals surface area contributed by atoms with Crippen molar-refractivity contribution in [3.05, 3.63) is 72.7 Å². The van der Waals surface area contributed by atoms with E-state index in [0.717, 1.165) is 0 Å². The Hall–Kier alpha value is -2.69.